The molecule has 1 aliphatic heterocycles. The van der Waals surface area contributed by atoms with Crippen molar-refractivity contribution in [2.75, 3.05) is 13.1 Å². The van der Waals surface area contributed by atoms with Crippen LogP contribution in [0, 0.1) is 5.92 Å². The fourth-order valence-corrected chi connectivity index (χ4v) is 5.35. The highest BCUT2D eigenvalue weighted by atomic mass is 32.2. The summed E-state index contributed by atoms with van der Waals surface area (Å²) in [7, 11) is -3.50. The van der Waals surface area contributed by atoms with Gasteiger partial charge < -0.3 is 9.88 Å². The van der Waals surface area contributed by atoms with Crippen molar-refractivity contribution in [2.24, 2.45) is 5.92 Å². The molecular formula is C23H26N4O3S. The van der Waals surface area contributed by atoms with Crippen molar-refractivity contribution in [2.45, 2.75) is 30.7 Å². The summed E-state index contributed by atoms with van der Waals surface area (Å²) in [5, 5.41) is 3.08. The summed E-state index contributed by atoms with van der Waals surface area (Å²) >= 11 is 0. The van der Waals surface area contributed by atoms with Gasteiger partial charge in [0.2, 0.25) is 15.9 Å². The molecule has 7 nitrogen and oxygen atoms in total. The van der Waals surface area contributed by atoms with Crippen molar-refractivity contribution in [1.29, 1.82) is 0 Å². The molecular weight excluding hydrogens is 412 g/mol. The second-order valence-electron chi connectivity index (χ2n) is 7.78. The van der Waals surface area contributed by atoms with E-state index in [1.54, 1.807) is 42.9 Å². The topological polar surface area (TPSA) is 84.3 Å². The second kappa shape index (κ2) is 9.03. The number of piperidine rings is 1. The summed E-state index contributed by atoms with van der Waals surface area (Å²) in [6, 6.07) is 16.3. The zero-order valence-electron chi connectivity index (χ0n) is 17.4. The molecule has 31 heavy (non-hydrogen) atoms. The van der Waals surface area contributed by atoms with Gasteiger partial charge in [0, 0.05) is 37.1 Å². The van der Waals surface area contributed by atoms with Gasteiger partial charge in [-0.3, -0.25) is 4.79 Å². The van der Waals surface area contributed by atoms with Gasteiger partial charge in [-0.25, -0.2) is 13.4 Å². The van der Waals surface area contributed by atoms with Gasteiger partial charge in [0.1, 0.15) is 0 Å². The summed E-state index contributed by atoms with van der Waals surface area (Å²) in [6.45, 7) is 2.66. The van der Waals surface area contributed by atoms with Crippen LogP contribution in [0.2, 0.25) is 0 Å². The lowest BCUT2D eigenvalue weighted by atomic mass is 9.96. The van der Waals surface area contributed by atoms with E-state index in [4.69, 9.17) is 0 Å². The molecule has 1 N–H and O–H groups in total. The monoisotopic (exact) mass is 438 g/mol. The number of hydrogen-bond donors (Lipinski definition) is 1. The van der Waals surface area contributed by atoms with Crippen molar-refractivity contribution in [1.82, 2.24) is 19.2 Å². The van der Waals surface area contributed by atoms with E-state index < -0.39 is 10.0 Å². The fourth-order valence-electron chi connectivity index (χ4n) is 3.86. The number of hydrogen-bond acceptors (Lipinski definition) is 4. The number of aromatic nitrogens is 2. The maximum Gasteiger partial charge on any atom is 0.243 e. The molecule has 0 spiro atoms. The van der Waals surface area contributed by atoms with Gasteiger partial charge in [-0.1, -0.05) is 30.3 Å². The van der Waals surface area contributed by atoms with E-state index >= 15 is 0 Å². The molecule has 1 saturated heterocycles. The highest BCUT2D eigenvalue weighted by Crippen LogP contribution is 2.25. The van der Waals surface area contributed by atoms with Crippen LogP contribution in [0.25, 0.3) is 5.69 Å². The first-order valence-corrected chi connectivity index (χ1v) is 11.8. The maximum atomic E-state index is 12.8. The average molecular weight is 439 g/mol. The van der Waals surface area contributed by atoms with Crippen molar-refractivity contribution < 1.29 is 13.2 Å². The van der Waals surface area contributed by atoms with E-state index in [-0.39, 0.29) is 17.9 Å². The first kappa shape index (κ1) is 21.3. The standard InChI is InChI=1S/C23H26N4O3S/c1-18(19-7-9-21(10-8-19)26-16-13-24-17-26)25-23(28)20-11-14-27(15-12-20)31(29,30)22-5-3-2-4-6-22/h2-10,13,16-18,20H,11-12,14-15H2,1H3,(H,25,28). The molecule has 0 saturated carbocycles. The Bertz CT molecular complexity index is 1110. The molecule has 1 aliphatic rings. The molecule has 162 valence electrons. The maximum absolute atomic E-state index is 12.8. The number of benzene rings is 2. The van der Waals surface area contributed by atoms with Crippen molar-refractivity contribution in [3.05, 3.63) is 78.9 Å². The first-order valence-electron chi connectivity index (χ1n) is 10.4. The fraction of sp³-hybridized carbons (Fsp3) is 0.304. The molecule has 2 heterocycles. The molecule has 3 aromatic rings. The van der Waals surface area contributed by atoms with Gasteiger partial charge in [-0.15, -0.1) is 0 Å². The Morgan fingerprint density at radius 3 is 2.35 bits per heavy atom. The number of nitrogens with one attached hydrogen (secondary N) is 1. The quantitative estimate of drug-likeness (QED) is 0.641. The van der Waals surface area contributed by atoms with E-state index in [9.17, 15) is 13.2 Å². The Labute approximate surface area is 182 Å². The summed E-state index contributed by atoms with van der Waals surface area (Å²) in [6.07, 6.45) is 6.39. The molecule has 8 heteroatoms. The predicted octanol–water partition coefficient (Wildman–Crippen LogP) is 3.15. The summed E-state index contributed by atoms with van der Waals surface area (Å²) in [5.74, 6) is -0.210. The zero-order chi connectivity index (χ0) is 21.8. The van der Waals surface area contributed by atoms with Crippen molar-refractivity contribution in [3.63, 3.8) is 0 Å². The van der Waals surface area contributed by atoms with Gasteiger partial charge in [-0.2, -0.15) is 4.31 Å². The molecule has 1 amide bonds. The van der Waals surface area contributed by atoms with Crippen LogP contribution in [0.3, 0.4) is 0 Å². The van der Waals surface area contributed by atoms with E-state index in [1.807, 2.05) is 42.0 Å². The minimum Gasteiger partial charge on any atom is -0.349 e. The molecule has 1 aromatic heterocycles. The van der Waals surface area contributed by atoms with E-state index in [1.165, 1.54) is 4.31 Å². The third-order valence-corrected chi connectivity index (χ3v) is 7.67. The Morgan fingerprint density at radius 1 is 1.06 bits per heavy atom. The van der Waals surface area contributed by atoms with Crippen LogP contribution in [0.5, 0.6) is 0 Å². The molecule has 4 rings (SSSR count). The minimum atomic E-state index is -3.50. The minimum absolute atomic E-state index is 0.0251. The van der Waals surface area contributed by atoms with Crippen LogP contribution in [-0.2, 0) is 14.8 Å². The summed E-state index contributed by atoms with van der Waals surface area (Å²) < 4.78 is 28.9. The van der Waals surface area contributed by atoms with Crippen LogP contribution >= 0.6 is 0 Å². The van der Waals surface area contributed by atoms with E-state index in [0.717, 1.165) is 11.3 Å². The van der Waals surface area contributed by atoms with Crippen molar-refractivity contribution in [3.8, 4) is 5.69 Å². The number of rotatable bonds is 6. The summed E-state index contributed by atoms with van der Waals surface area (Å²) in [4.78, 5) is 17.1. The van der Waals surface area contributed by atoms with Gasteiger partial charge in [0.05, 0.1) is 17.3 Å². The Kier molecular flexibility index (Phi) is 6.20. The number of amides is 1. The van der Waals surface area contributed by atoms with Crippen LogP contribution in [0.1, 0.15) is 31.4 Å². The number of carbonyl (C=O) groups excluding carboxylic acids is 1. The predicted molar refractivity (Wildman–Crippen MR) is 118 cm³/mol. The average Bonchev–Trinajstić information content (AvgIpc) is 3.35. The number of carbonyl (C=O) groups is 1. The van der Waals surface area contributed by atoms with Crippen LogP contribution in [-0.4, -0.2) is 41.3 Å². The lowest BCUT2D eigenvalue weighted by molar-refractivity contribution is -0.126. The van der Waals surface area contributed by atoms with Gasteiger partial charge >= 0.3 is 0 Å². The molecule has 1 unspecified atom stereocenters. The third-order valence-electron chi connectivity index (χ3n) is 5.76. The van der Waals surface area contributed by atoms with Crippen LogP contribution < -0.4 is 5.32 Å². The second-order valence-corrected chi connectivity index (χ2v) is 9.72. The number of sulfonamides is 1. The normalized spacial score (nSPS) is 16.7. The highest BCUT2D eigenvalue weighted by molar-refractivity contribution is 7.89. The van der Waals surface area contributed by atoms with Gasteiger partial charge in [0.25, 0.3) is 0 Å². The molecule has 0 aliphatic carbocycles. The van der Waals surface area contributed by atoms with Gasteiger partial charge in [-0.05, 0) is 49.6 Å². The first-order chi connectivity index (χ1) is 14.9. The lowest BCUT2D eigenvalue weighted by Crippen LogP contribution is -2.43. The molecule has 1 fully saturated rings. The smallest absolute Gasteiger partial charge is 0.243 e. The Balaban J connectivity index is 1.33. The SMILES string of the molecule is CC(NC(=O)C1CCN(S(=O)(=O)c2ccccc2)CC1)c1ccc(-n2ccnc2)cc1. The highest BCUT2D eigenvalue weighted by Gasteiger charge is 2.32. The third kappa shape index (κ3) is 4.70. The van der Waals surface area contributed by atoms with Crippen molar-refractivity contribution >= 4 is 15.9 Å². The van der Waals surface area contributed by atoms with E-state index in [0.29, 0.717) is 30.8 Å². The number of nitrogens with zero attached hydrogens (tertiary/aromatic N) is 3. The Morgan fingerprint density at radius 2 is 1.74 bits per heavy atom. The number of imidazole rings is 1. The van der Waals surface area contributed by atoms with Gasteiger partial charge in [0.15, 0.2) is 0 Å². The Hall–Kier alpha value is -2.97. The molecule has 0 radical (unpaired) electrons. The lowest BCUT2D eigenvalue weighted by Gasteiger charge is -2.31. The molecule has 2 aromatic carbocycles. The zero-order valence-corrected chi connectivity index (χ0v) is 18.2. The van der Waals surface area contributed by atoms with E-state index in [2.05, 4.69) is 10.3 Å². The molecule has 0 bridgehead atoms. The van der Waals surface area contributed by atoms with Crippen LogP contribution in [0.15, 0.2) is 78.2 Å². The largest absolute Gasteiger partial charge is 0.349 e. The summed E-state index contributed by atoms with van der Waals surface area (Å²) in [5.41, 5.74) is 2.02. The van der Waals surface area contributed by atoms with Crippen LogP contribution in [0.4, 0.5) is 0 Å². The molecule has 1 atom stereocenters.